The number of aliphatic hydroxyl groups excluding tert-OH is 1. The van der Waals surface area contributed by atoms with Gasteiger partial charge in [0.15, 0.2) is 29.4 Å². The molecule has 0 saturated heterocycles. The lowest BCUT2D eigenvalue weighted by molar-refractivity contribution is -0.220. The third-order valence-corrected chi connectivity index (χ3v) is 6.84. The van der Waals surface area contributed by atoms with E-state index in [0.717, 1.165) is 13.8 Å². The van der Waals surface area contributed by atoms with Crippen LogP contribution >= 0.6 is 0 Å². The highest BCUT2D eigenvalue weighted by Gasteiger charge is 2.63. The Morgan fingerprint density at radius 1 is 1.05 bits per heavy atom. The number of Topliss-reactive ketones (excluding diaryl/α,β-unsaturated/α-hetero) is 2. The number of carbonyl (C=O) groups excluding carboxylic acids is 5. The van der Waals surface area contributed by atoms with E-state index in [0.29, 0.717) is 0 Å². The summed E-state index contributed by atoms with van der Waals surface area (Å²) < 4.78 is 16.6. The first kappa shape index (κ1) is 26.9. The molecule has 38 heavy (non-hydrogen) atoms. The predicted octanol–water partition coefficient (Wildman–Crippen LogP) is 1.96. The van der Waals surface area contributed by atoms with Crippen LogP contribution in [0.25, 0.3) is 5.53 Å². The van der Waals surface area contributed by atoms with Crippen LogP contribution in [0, 0.1) is 5.92 Å². The molecule has 1 unspecified atom stereocenters. The number of phenolic OH excluding ortho intramolecular Hbond substituents is 1. The van der Waals surface area contributed by atoms with Crippen LogP contribution in [0.4, 0.5) is 0 Å². The van der Waals surface area contributed by atoms with Gasteiger partial charge in [-0.15, -0.1) is 0 Å². The highest BCUT2D eigenvalue weighted by Crippen LogP contribution is 2.52. The summed E-state index contributed by atoms with van der Waals surface area (Å²) in [6, 6.07) is 2.23. The quantitative estimate of drug-likeness (QED) is 0.327. The fraction of sp³-hybridized carbons (Fsp3) is 0.423. The van der Waals surface area contributed by atoms with Gasteiger partial charge < -0.3 is 35.1 Å². The molecule has 0 spiro atoms. The second-order valence-electron chi connectivity index (χ2n) is 9.76. The molecular weight excluding hydrogens is 500 g/mol. The predicted molar refractivity (Wildman–Crippen MR) is 127 cm³/mol. The van der Waals surface area contributed by atoms with E-state index >= 15 is 0 Å². The number of ether oxygens (including phenoxy) is 3. The summed E-state index contributed by atoms with van der Waals surface area (Å²) in [4.78, 5) is 64.3. The second kappa shape index (κ2) is 9.28. The molecule has 2 N–H and O–H groups in total. The van der Waals surface area contributed by atoms with Gasteiger partial charge in [-0.25, -0.2) is 0 Å². The Hall–Kier alpha value is -4.19. The summed E-state index contributed by atoms with van der Waals surface area (Å²) in [6.45, 7) is 6.41. The van der Waals surface area contributed by atoms with Crippen molar-refractivity contribution in [2.45, 2.75) is 64.6 Å². The molecule has 0 saturated carbocycles. The number of carbonyl (C=O) groups is 5. The first-order chi connectivity index (χ1) is 17.8. The van der Waals surface area contributed by atoms with Crippen molar-refractivity contribution in [1.82, 2.24) is 0 Å². The maximum absolute atomic E-state index is 13.7. The van der Waals surface area contributed by atoms with Crippen LogP contribution in [0.2, 0.25) is 0 Å². The maximum atomic E-state index is 13.7. The minimum Gasteiger partial charge on any atom is -0.711 e. The monoisotopic (exact) mass is 525 g/mol. The largest absolute Gasteiger partial charge is 0.711 e. The molecule has 0 amide bonds. The minimum absolute atomic E-state index is 0.168. The molecular formula is C26H25N2O10-. The molecule has 1 aromatic carbocycles. The van der Waals surface area contributed by atoms with Gasteiger partial charge in [-0.3, -0.25) is 24.0 Å². The number of esters is 3. The number of nitrogens with zero attached hydrogens (tertiary/aromatic N) is 2. The van der Waals surface area contributed by atoms with Crippen LogP contribution in [0.3, 0.4) is 0 Å². The fourth-order valence-corrected chi connectivity index (χ4v) is 5.25. The fourth-order valence-electron chi connectivity index (χ4n) is 5.25. The number of aromatic hydroxyl groups is 1. The van der Waals surface area contributed by atoms with Gasteiger partial charge in [0, 0.05) is 41.7 Å². The highest BCUT2D eigenvalue weighted by molar-refractivity contribution is 6.31. The molecule has 4 rings (SSSR count). The zero-order valence-electron chi connectivity index (χ0n) is 21.2. The number of phenols is 1. The van der Waals surface area contributed by atoms with E-state index in [1.165, 1.54) is 39.0 Å². The Balaban J connectivity index is 2.02. The zero-order valence-corrected chi connectivity index (χ0v) is 21.2. The van der Waals surface area contributed by atoms with Crippen molar-refractivity contribution in [2.75, 3.05) is 0 Å². The molecule has 0 bridgehead atoms. The summed E-state index contributed by atoms with van der Waals surface area (Å²) in [5, 5.41) is 25.2. The van der Waals surface area contributed by atoms with Crippen molar-refractivity contribution in [3.05, 3.63) is 57.1 Å². The molecule has 1 aromatic rings. The first-order valence-electron chi connectivity index (χ1n) is 11.8. The number of benzene rings is 1. The summed E-state index contributed by atoms with van der Waals surface area (Å²) in [6.07, 6.45) is -5.24. The first-order valence-corrected chi connectivity index (χ1v) is 11.8. The van der Waals surface area contributed by atoms with E-state index in [4.69, 9.17) is 14.2 Å². The van der Waals surface area contributed by atoms with Gasteiger partial charge in [-0.05, 0) is 13.0 Å². The summed E-state index contributed by atoms with van der Waals surface area (Å²) in [5.74, 6) is -5.38. The molecule has 0 aromatic heterocycles. The molecule has 0 aliphatic heterocycles. The number of fused-ring (bicyclic) bond motifs is 2. The van der Waals surface area contributed by atoms with E-state index in [2.05, 4.69) is 5.11 Å². The van der Waals surface area contributed by atoms with Crippen LogP contribution in [0.5, 0.6) is 5.75 Å². The van der Waals surface area contributed by atoms with E-state index in [1.54, 1.807) is 0 Å². The third kappa shape index (κ3) is 3.83. The zero-order chi connectivity index (χ0) is 28.3. The van der Waals surface area contributed by atoms with E-state index < -0.39 is 71.1 Å². The van der Waals surface area contributed by atoms with Gasteiger partial charge in [0.25, 0.3) is 0 Å². The SMILES string of the molecule is CC(=O)O[C@@H]1C2=C(C3=C(C(=O)c4c(O)cccc4C3=O)C2N=[N-])[C@H](O)[C@@H](OC(C)=O)[C@]1(C)OC(=O)C(C)C. The molecule has 0 heterocycles. The molecule has 0 radical (unpaired) electrons. The molecule has 12 nitrogen and oxygen atoms in total. The molecule has 12 heteroatoms. The van der Waals surface area contributed by atoms with E-state index in [9.17, 15) is 39.7 Å². The maximum Gasteiger partial charge on any atom is 0.309 e. The van der Waals surface area contributed by atoms with Gasteiger partial charge in [0.05, 0.1) is 17.5 Å². The van der Waals surface area contributed by atoms with Crippen molar-refractivity contribution in [2.24, 2.45) is 11.0 Å². The van der Waals surface area contributed by atoms with Crippen LogP contribution in [-0.4, -0.2) is 69.6 Å². The highest BCUT2D eigenvalue weighted by atomic mass is 16.6. The topological polar surface area (TPSA) is 188 Å². The molecule has 0 fully saturated rings. The standard InChI is InChI=1S/C26H25N2O10/c1-9(2)25(35)38-26(5)23(36-10(3)29)18-16(22(34)24(26)37-11(4)30)15-17(19(18)28-27)21(33)14-12(20(15)32)7-6-8-13(14)31/h6-9,19,22-24,31,34H,1-5H3/q-1/t19?,22-,23+,24+,26+/m0/s1. The van der Waals surface area contributed by atoms with Gasteiger partial charge in [-0.1, -0.05) is 26.0 Å². The third-order valence-electron chi connectivity index (χ3n) is 6.84. The molecule has 3 aliphatic rings. The van der Waals surface area contributed by atoms with Crippen LogP contribution in [0.1, 0.15) is 55.3 Å². The average Bonchev–Trinajstić information content (AvgIpc) is 3.18. The lowest BCUT2D eigenvalue weighted by Crippen LogP contribution is -2.64. The van der Waals surface area contributed by atoms with Gasteiger partial charge in [-0.2, -0.15) is 0 Å². The molecule has 5 atom stereocenters. The lowest BCUT2D eigenvalue weighted by atomic mass is 9.73. The van der Waals surface area contributed by atoms with Crippen LogP contribution in [0.15, 0.2) is 45.6 Å². The summed E-state index contributed by atoms with van der Waals surface area (Å²) >= 11 is 0. The number of rotatable bonds is 5. The number of hydrogen-bond acceptors (Lipinski definition) is 11. The second-order valence-corrected chi connectivity index (χ2v) is 9.76. The van der Waals surface area contributed by atoms with Crippen LogP contribution < -0.4 is 0 Å². The Bertz CT molecular complexity index is 1370. The van der Waals surface area contributed by atoms with Crippen molar-refractivity contribution < 1.29 is 48.4 Å². The van der Waals surface area contributed by atoms with Gasteiger partial charge in [0.1, 0.15) is 11.9 Å². The number of hydrogen-bond donors (Lipinski definition) is 2. The van der Waals surface area contributed by atoms with E-state index in [-0.39, 0.29) is 33.4 Å². The summed E-state index contributed by atoms with van der Waals surface area (Å²) in [5.41, 5.74) is 6.32. The van der Waals surface area contributed by atoms with Crippen molar-refractivity contribution >= 4 is 29.5 Å². The van der Waals surface area contributed by atoms with Crippen molar-refractivity contribution in [1.29, 1.82) is 0 Å². The Labute approximate surface area is 216 Å². The number of aliphatic hydroxyl groups is 1. The number of ketones is 2. The van der Waals surface area contributed by atoms with Gasteiger partial charge >= 0.3 is 17.9 Å². The van der Waals surface area contributed by atoms with Crippen molar-refractivity contribution in [3.63, 3.8) is 0 Å². The lowest BCUT2D eigenvalue weighted by Gasteiger charge is -2.48. The minimum atomic E-state index is -2.07. The Morgan fingerprint density at radius 3 is 2.24 bits per heavy atom. The molecule has 3 aliphatic carbocycles. The Kier molecular flexibility index (Phi) is 6.56. The smallest absolute Gasteiger partial charge is 0.309 e. The summed E-state index contributed by atoms with van der Waals surface area (Å²) in [7, 11) is 0. The Morgan fingerprint density at radius 2 is 1.68 bits per heavy atom. The molecule has 200 valence electrons. The van der Waals surface area contributed by atoms with Crippen LogP contribution in [-0.2, 0) is 28.6 Å². The normalized spacial score (nSPS) is 28.0. The van der Waals surface area contributed by atoms with E-state index in [1.807, 2.05) is 0 Å². The average molecular weight is 525 g/mol. The van der Waals surface area contributed by atoms with Crippen molar-refractivity contribution in [3.8, 4) is 5.75 Å². The van der Waals surface area contributed by atoms with Gasteiger partial charge in [0.2, 0.25) is 0 Å².